The highest BCUT2D eigenvalue weighted by atomic mass is 35.5. The number of hydrogen-bond acceptors (Lipinski definition) is 9. The van der Waals surface area contributed by atoms with E-state index < -0.39 is 79.2 Å². The maximum atomic E-state index is 12.7. The van der Waals surface area contributed by atoms with Gasteiger partial charge in [0.2, 0.25) is 5.91 Å². The molecule has 172 valence electrons. The minimum Gasteiger partial charge on any atom is -0.504 e. The minimum atomic E-state index is -4.09. The molecule has 2 aliphatic rings. The lowest BCUT2D eigenvalue weighted by atomic mass is 9.97. The number of nitrogens with one attached hydrogen (secondary N) is 1. The number of fused-ring (bicyclic) bond motifs is 1. The molecule has 2 heterocycles. The lowest BCUT2D eigenvalue weighted by molar-refractivity contribution is -0.156. The number of ketones is 1. The summed E-state index contributed by atoms with van der Waals surface area (Å²) in [6.07, 6.45) is 0.539. The second-order valence-electron chi connectivity index (χ2n) is 7.42. The Labute approximate surface area is 186 Å². The number of benzene rings is 1. The summed E-state index contributed by atoms with van der Waals surface area (Å²) in [5, 5.41) is 28.9. The normalized spacial score (nSPS) is 25.9. The second kappa shape index (κ2) is 8.06. The van der Waals surface area contributed by atoms with Crippen molar-refractivity contribution in [2.45, 2.75) is 29.5 Å². The molecule has 0 unspecified atom stereocenters. The Morgan fingerprint density at radius 3 is 2.59 bits per heavy atom. The van der Waals surface area contributed by atoms with Crippen LogP contribution in [0.5, 0.6) is 11.5 Å². The van der Waals surface area contributed by atoms with E-state index in [0.717, 1.165) is 30.2 Å². The summed E-state index contributed by atoms with van der Waals surface area (Å²) in [6.45, 7) is 0.0415. The molecular formula is C18H18ClN3O9S. The SMILES string of the molecule is C[C@]1(C=NCC(=O)CNC(=O)c2ccc(O)c(O)c2Cl)[C@H](C(=O)O)N2C(=O)C[C@H]2S1(=O)=O. The highest BCUT2D eigenvalue weighted by molar-refractivity contribution is 7.94. The van der Waals surface area contributed by atoms with Crippen molar-refractivity contribution in [3.63, 3.8) is 0 Å². The number of aromatic hydroxyl groups is 2. The number of rotatable bonds is 7. The summed E-state index contributed by atoms with van der Waals surface area (Å²) in [5.41, 5.74) is -0.193. The van der Waals surface area contributed by atoms with E-state index in [1.165, 1.54) is 0 Å². The van der Waals surface area contributed by atoms with E-state index >= 15 is 0 Å². The first-order valence-corrected chi connectivity index (χ1v) is 11.0. The zero-order chi connectivity index (χ0) is 24.0. The summed E-state index contributed by atoms with van der Waals surface area (Å²) < 4.78 is 23.4. The number of β-lactam (4-membered cyclic amide) rings is 1. The van der Waals surface area contributed by atoms with E-state index in [-0.39, 0.29) is 12.0 Å². The fraction of sp³-hybridized carbons (Fsp3) is 0.389. The van der Waals surface area contributed by atoms with Gasteiger partial charge in [-0.15, -0.1) is 0 Å². The Balaban J connectivity index is 1.66. The number of nitrogens with zero attached hydrogens (tertiary/aromatic N) is 2. The first-order chi connectivity index (χ1) is 14.8. The summed E-state index contributed by atoms with van der Waals surface area (Å²) in [6, 6.07) is 0.511. The van der Waals surface area contributed by atoms with Crippen molar-refractivity contribution < 1.29 is 42.9 Å². The van der Waals surface area contributed by atoms with Crippen LogP contribution in [-0.2, 0) is 24.2 Å². The molecule has 0 bridgehead atoms. The molecule has 1 aromatic rings. The smallest absolute Gasteiger partial charge is 0.328 e. The average molecular weight is 488 g/mol. The van der Waals surface area contributed by atoms with Gasteiger partial charge in [-0.1, -0.05) is 11.6 Å². The van der Waals surface area contributed by atoms with E-state index in [9.17, 15) is 42.9 Å². The summed E-state index contributed by atoms with van der Waals surface area (Å²) in [5.74, 6) is -4.79. The fourth-order valence-corrected chi connectivity index (χ4v) is 6.07. The van der Waals surface area contributed by atoms with Crippen molar-refractivity contribution in [3.05, 3.63) is 22.7 Å². The lowest BCUT2D eigenvalue weighted by Crippen LogP contribution is -2.57. The molecule has 2 amide bonds. The third-order valence-electron chi connectivity index (χ3n) is 5.37. The molecule has 0 aliphatic carbocycles. The van der Waals surface area contributed by atoms with Gasteiger partial charge in [-0.2, -0.15) is 0 Å². The maximum absolute atomic E-state index is 12.7. The van der Waals surface area contributed by atoms with Crippen LogP contribution in [0.3, 0.4) is 0 Å². The van der Waals surface area contributed by atoms with Gasteiger partial charge >= 0.3 is 5.97 Å². The molecule has 2 fully saturated rings. The van der Waals surface area contributed by atoms with Gasteiger partial charge in [0.1, 0.15) is 10.1 Å². The van der Waals surface area contributed by atoms with Gasteiger partial charge in [0.05, 0.1) is 30.1 Å². The first-order valence-electron chi connectivity index (χ1n) is 9.11. The van der Waals surface area contributed by atoms with Gasteiger partial charge in [-0.3, -0.25) is 19.4 Å². The molecule has 14 heteroatoms. The summed E-state index contributed by atoms with van der Waals surface area (Å²) in [4.78, 5) is 52.1. The quantitative estimate of drug-likeness (QED) is 0.219. The number of carbonyl (C=O) groups excluding carboxylic acids is 3. The number of phenolic OH excluding ortho intramolecular Hbond substituents is 2. The molecule has 0 spiro atoms. The Morgan fingerprint density at radius 2 is 2.00 bits per heavy atom. The molecule has 32 heavy (non-hydrogen) atoms. The molecule has 2 aliphatic heterocycles. The predicted octanol–water partition coefficient (Wildman–Crippen LogP) is -0.680. The van der Waals surface area contributed by atoms with Crippen LogP contribution in [0, 0.1) is 0 Å². The molecule has 1 aromatic carbocycles. The largest absolute Gasteiger partial charge is 0.504 e. The van der Waals surface area contributed by atoms with Gasteiger partial charge in [0.15, 0.2) is 33.2 Å². The molecule has 0 saturated carbocycles. The second-order valence-corrected chi connectivity index (χ2v) is 10.3. The first kappa shape index (κ1) is 23.5. The Morgan fingerprint density at radius 1 is 1.34 bits per heavy atom. The van der Waals surface area contributed by atoms with Crippen LogP contribution in [0.2, 0.25) is 5.02 Å². The van der Waals surface area contributed by atoms with Crippen molar-refractivity contribution in [2.24, 2.45) is 4.99 Å². The Bertz CT molecular complexity index is 1170. The molecule has 2 saturated heterocycles. The molecule has 3 rings (SSSR count). The zero-order valence-corrected chi connectivity index (χ0v) is 18.1. The number of amides is 2. The highest BCUT2D eigenvalue weighted by Gasteiger charge is 2.69. The van der Waals surface area contributed by atoms with Crippen molar-refractivity contribution >= 4 is 51.2 Å². The van der Waals surface area contributed by atoms with Gasteiger partial charge in [0.25, 0.3) is 5.91 Å². The minimum absolute atomic E-state index is 0.193. The van der Waals surface area contributed by atoms with E-state index in [0.29, 0.717) is 0 Å². The van der Waals surface area contributed by atoms with Crippen LogP contribution in [0.25, 0.3) is 0 Å². The third-order valence-corrected chi connectivity index (χ3v) is 8.42. The van der Waals surface area contributed by atoms with E-state index in [1.807, 2.05) is 0 Å². The topological polar surface area (TPSA) is 191 Å². The third kappa shape index (κ3) is 3.56. The molecule has 4 N–H and O–H groups in total. The van der Waals surface area contributed by atoms with Gasteiger partial charge in [-0.25, -0.2) is 13.2 Å². The molecule has 0 radical (unpaired) electrons. The van der Waals surface area contributed by atoms with Gasteiger partial charge < -0.3 is 25.5 Å². The molecule has 3 atom stereocenters. The summed E-state index contributed by atoms with van der Waals surface area (Å²) >= 11 is 5.77. The van der Waals surface area contributed by atoms with Crippen molar-refractivity contribution in [3.8, 4) is 11.5 Å². The number of aliphatic carboxylic acids is 1. The van der Waals surface area contributed by atoms with Gasteiger partial charge in [0, 0.05) is 6.21 Å². The van der Waals surface area contributed by atoms with Crippen molar-refractivity contribution in [1.29, 1.82) is 0 Å². The summed E-state index contributed by atoms with van der Waals surface area (Å²) in [7, 11) is -4.09. The number of sulfone groups is 1. The number of carbonyl (C=O) groups is 4. The number of Topliss-reactive ketones (excluding diaryl/α,β-unsaturated/α-hetero) is 1. The number of halogens is 1. The Kier molecular flexibility index (Phi) is 5.91. The van der Waals surface area contributed by atoms with Crippen LogP contribution in [-0.4, -0.2) is 87.7 Å². The van der Waals surface area contributed by atoms with Crippen molar-refractivity contribution in [1.82, 2.24) is 10.2 Å². The van der Waals surface area contributed by atoms with Crippen LogP contribution in [0.1, 0.15) is 23.7 Å². The van der Waals surface area contributed by atoms with Crippen LogP contribution >= 0.6 is 11.6 Å². The molecule has 0 aromatic heterocycles. The zero-order valence-electron chi connectivity index (χ0n) is 16.5. The van der Waals surface area contributed by atoms with E-state index in [4.69, 9.17) is 11.6 Å². The number of carboxylic acids is 1. The van der Waals surface area contributed by atoms with E-state index in [2.05, 4.69) is 10.3 Å². The van der Waals surface area contributed by atoms with Crippen LogP contribution in [0.15, 0.2) is 17.1 Å². The molecule has 12 nitrogen and oxygen atoms in total. The lowest BCUT2D eigenvalue weighted by Gasteiger charge is -2.35. The highest BCUT2D eigenvalue weighted by Crippen LogP contribution is 2.45. The maximum Gasteiger partial charge on any atom is 0.328 e. The predicted molar refractivity (Wildman–Crippen MR) is 109 cm³/mol. The van der Waals surface area contributed by atoms with E-state index in [1.54, 1.807) is 0 Å². The monoisotopic (exact) mass is 487 g/mol. The molecular weight excluding hydrogens is 470 g/mol. The number of phenols is 2. The van der Waals surface area contributed by atoms with Crippen LogP contribution < -0.4 is 5.32 Å². The van der Waals surface area contributed by atoms with Crippen LogP contribution in [0.4, 0.5) is 0 Å². The fourth-order valence-electron chi connectivity index (χ4n) is 3.59. The average Bonchev–Trinajstić information content (AvgIpc) is 2.85. The van der Waals surface area contributed by atoms with Gasteiger partial charge in [-0.05, 0) is 19.1 Å². The van der Waals surface area contributed by atoms with Crippen molar-refractivity contribution in [2.75, 3.05) is 13.1 Å². The number of hydrogen-bond donors (Lipinski definition) is 4. The number of carboxylic acid groups (broad SMARTS) is 1. The number of aliphatic imine (C=N–C) groups is 1. The standard InChI is InChI=1S/C18H18ClN3O9S/c1-18(15(17(28)29)22-11(25)4-12(22)32(18,30)31)7-20-5-8(23)6-21-16(27)9-2-3-10(24)14(26)13(9)19/h2-3,7,12,15,24,26H,4-6H2,1H3,(H,21,27)(H,28,29)/t12-,15+,18+/m1/s1. The Hall–Kier alpha value is -3.19.